The van der Waals surface area contributed by atoms with E-state index in [4.69, 9.17) is 0 Å². The Morgan fingerprint density at radius 1 is 1.23 bits per heavy atom. The Kier molecular flexibility index (Phi) is 6.54. The molecule has 2 saturated heterocycles. The third kappa shape index (κ3) is 4.92. The van der Waals surface area contributed by atoms with Gasteiger partial charge in [0.05, 0.1) is 12.6 Å². The van der Waals surface area contributed by atoms with Crippen LogP contribution in [0, 0.1) is 0 Å². The van der Waals surface area contributed by atoms with Crippen molar-refractivity contribution in [2.75, 3.05) is 13.1 Å². The van der Waals surface area contributed by atoms with Crippen LogP contribution in [0.15, 0.2) is 39.2 Å². The van der Waals surface area contributed by atoms with Gasteiger partial charge in [0.1, 0.15) is 4.21 Å². The lowest BCUT2D eigenvalue weighted by atomic mass is 10.0. The van der Waals surface area contributed by atoms with Gasteiger partial charge in [0.2, 0.25) is 21.8 Å². The maximum Gasteiger partial charge on any atom is 0.250 e. The van der Waals surface area contributed by atoms with Crippen molar-refractivity contribution in [3.05, 3.63) is 39.9 Å². The van der Waals surface area contributed by atoms with E-state index in [2.05, 4.69) is 15.4 Å². The van der Waals surface area contributed by atoms with E-state index in [1.54, 1.807) is 28.8 Å². The van der Waals surface area contributed by atoms with Gasteiger partial charge in [-0.2, -0.15) is 0 Å². The van der Waals surface area contributed by atoms with Crippen molar-refractivity contribution in [2.45, 2.75) is 48.1 Å². The molecule has 2 amide bonds. The van der Waals surface area contributed by atoms with Gasteiger partial charge in [-0.3, -0.25) is 14.5 Å². The summed E-state index contributed by atoms with van der Waals surface area (Å²) in [4.78, 5) is 27.7. The normalized spacial score (nSPS) is 24.4. The van der Waals surface area contributed by atoms with Crippen LogP contribution in [0.25, 0.3) is 0 Å². The van der Waals surface area contributed by atoms with Gasteiger partial charge in [0.25, 0.3) is 0 Å². The lowest BCUT2D eigenvalue weighted by Crippen LogP contribution is -2.58. The van der Waals surface area contributed by atoms with E-state index < -0.39 is 10.0 Å². The van der Waals surface area contributed by atoms with E-state index in [0.29, 0.717) is 38.9 Å². The van der Waals surface area contributed by atoms with E-state index in [0.717, 1.165) is 4.88 Å². The maximum absolute atomic E-state index is 12.5. The van der Waals surface area contributed by atoms with Gasteiger partial charge in [-0.15, -0.1) is 22.7 Å². The summed E-state index contributed by atoms with van der Waals surface area (Å²) < 4.78 is 28.1. The number of nitrogens with one attached hydrogen (secondary N) is 3. The zero-order valence-corrected chi connectivity index (χ0v) is 18.7. The zero-order valence-electron chi connectivity index (χ0n) is 16.2. The van der Waals surface area contributed by atoms with E-state index in [9.17, 15) is 18.0 Å². The summed E-state index contributed by atoms with van der Waals surface area (Å²) in [5.41, 5.74) is 0. The Morgan fingerprint density at radius 2 is 2.03 bits per heavy atom. The number of sulfonamides is 1. The summed E-state index contributed by atoms with van der Waals surface area (Å²) in [6, 6.07) is 6.51. The van der Waals surface area contributed by atoms with Gasteiger partial charge >= 0.3 is 0 Å². The second kappa shape index (κ2) is 9.15. The highest BCUT2D eigenvalue weighted by Crippen LogP contribution is 2.27. The van der Waals surface area contributed by atoms with Crippen molar-refractivity contribution in [2.24, 2.45) is 0 Å². The van der Waals surface area contributed by atoms with Gasteiger partial charge in [-0.1, -0.05) is 12.1 Å². The monoisotopic (exact) mass is 468 g/mol. The largest absolute Gasteiger partial charge is 0.353 e. The number of hydrogen-bond donors (Lipinski definition) is 3. The zero-order chi connectivity index (χ0) is 21.1. The van der Waals surface area contributed by atoms with Gasteiger partial charge in [-0.25, -0.2) is 13.1 Å². The topological polar surface area (TPSA) is 108 Å². The van der Waals surface area contributed by atoms with Gasteiger partial charge in [-0.05, 0) is 35.7 Å². The molecule has 2 aromatic heterocycles. The minimum atomic E-state index is -3.59. The molecule has 0 saturated carbocycles. The highest BCUT2D eigenvalue weighted by atomic mass is 32.2. The molecule has 0 aliphatic carbocycles. The fraction of sp³-hybridized carbons (Fsp3) is 0.474. The van der Waals surface area contributed by atoms with Crippen LogP contribution < -0.4 is 15.4 Å². The summed E-state index contributed by atoms with van der Waals surface area (Å²) >= 11 is 2.77. The number of hydrogen-bond acceptors (Lipinski definition) is 7. The second-order valence-electron chi connectivity index (χ2n) is 7.49. The van der Waals surface area contributed by atoms with Gasteiger partial charge in [0.15, 0.2) is 0 Å². The molecule has 2 aliphatic heterocycles. The van der Waals surface area contributed by atoms with Crippen LogP contribution in [0.4, 0.5) is 0 Å². The van der Waals surface area contributed by atoms with Gasteiger partial charge < -0.3 is 10.6 Å². The molecular weight excluding hydrogens is 444 g/mol. The van der Waals surface area contributed by atoms with Crippen LogP contribution in [-0.4, -0.2) is 56.3 Å². The third-order valence-electron chi connectivity index (χ3n) is 5.45. The Bertz CT molecular complexity index is 976. The molecule has 4 rings (SSSR count). The molecule has 0 radical (unpaired) electrons. The predicted octanol–water partition coefficient (Wildman–Crippen LogP) is 1.13. The van der Waals surface area contributed by atoms with Crippen molar-refractivity contribution in [1.82, 2.24) is 20.3 Å². The van der Waals surface area contributed by atoms with E-state index in [1.165, 1.54) is 11.3 Å². The average molecular weight is 469 g/mol. The number of nitrogens with zero attached hydrogens (tertiary/aromatic N) is 1. The summed E-state index contributed by atoms with van der Waals surface area (Å²) in [5.74, 6) is -0.0998. The molecule has 0 spiro atoms. The standard InChI is InChI=1S/C19H24N4O4S3/c24-17(20-11-15-3-1-7-28-15)6-5-14-10-21-19(25)16-9-13(12-23(14)16)22-30(26,27)18-4-2-8-29-18/h1-4,7-8,13-14,16,22H,5-6,9-12H2,(H,20,24)(H,21,25)/t13-,14+,16-/m0/s1. The number of rotatable bonds is 8. The first-order chi connectivity index (χ1) is 14.4. The Morgan fingerprint density at radius 3 is 2.77 bits per heavy atom. The smallest absolute Gasteiger partial charge is 0.250 e. The number of piperazine rings is 1. The maximum atomic E-state index is 12.5. The Hall–Kier alpha value is -1.79. The molecule has 3 N–H and O–H groups in total. The van der Waals surface area contributed by atoms with Crippen LogP contribution in [0.5, 0.6) is 0 Å². The first-order valence-corrected chi connectivity index (χ1v) is 13.0. The number of carbonyl (C=O) groups excluding carboxylic acids is 2. The number of thiophene rings is 2. The number of fused-ring (bicyclic) bond motifs is 1. The predicted molar refractivity (Wildman–Crippen MR) is 116 cm³/mol. The van der Waals surface area contributed by atoms with Crippen LogP contribution in [-0.2, 0) is 26.2 Å². The highest BCUT2D eigenvalue weighted by molar-refractivity contribution is 7.91. The van der Waals surface area contributed by atoms with E-state index in [1.807, 2.05) is 22.4 Å². The molecule has 2 aromatic rings. The number of carbonyl (C=O) groups is 2. The van der Waals surface area contributed by atoms with Crippen LogP contribution in [0.2, 0.25) is 0 Å². The van der Waals surface area contributed by atoms with Crippen molar-refractivity contribution in [3.8, 4) is 0 Å². The summed E-state index contributed by atoms with van der Waals surface area (Å²) in [6.45, 7) is 1.46. The second-order valence-corrected chi connectivity index (χ2v) is 11.4. The van der Waals surface area contributed by atoms with Crippen molar-refractivity contribution in [1.29, 1.82) is 0 Å². The molecule has 2 fully saturated rings. The molecular formula is C19H24N4O4S3. The third-order valence-corrected chi connectivity index (χ3v) is 9.24. The molecule has 3 atom stereocenters. The van der Waals surface area contributed by atoms with Crippen molar-refractivity contribution < 1.29 is 18.0 Å². The molecule has 0 unspecified atom stereocenters. The molecule has 30 heavy (non-hydrogen) atoms. The summed E-state index contributed by atoms with van der Waals surface area (Å²) in [7, 11) is -3.59. The van der Waals surface area contributed by atoms with E-state index in [-0.39, 0.29) is 34.1 Å². The fourth-order valence-electron chi connectivity index (χ4n) is 4.01. The van der Waals surface area contributed by atoms with Crippen LogP contribution >= 0.6 is 22.7 Å². The minimum Gasteiger partial charge on any atom is -0.353 e. The van der Waals surface area contributed by atoms with E-state index >= 15 is 0 Å². The van der Waals surface area contributed by atoms with Gasteiger partial charge in [0, 0.05) is 36.5 Å². The average Bonchev–Trinajstić information content (AvgIpc) is 3.46. The van der Waals surface area contributed by atoms with Crippen LogP contribution in [0.1, 0.15) is 24.1 Å². The highest BCUT2D eigenvalue weighted by Gasteiger charge is 2.44. The lowest BCUT2D eigenvalue weighted by molar-refractivity contribution is -0.129. The molecule has 0 aromatic carbocycles. The van der Waals surface area contributed by atoms with Crippen LogP contribution in [0.3, 0.4) is 0 Å². The molecule has 0 bridgehead atoms. The van der Waals surface area contributed by atoms with Crippen molar-refractivity contribution >= 4 is 44.5 Å². The fourth-order valence-corrected chi connectivity index (χ4v) is 6.90. The SMILES string of the molecule is O=C(CC[C@@H]1CNC(=O)[C@@H]2C[C@H](NS(=O)(=O)c3cccs3)CN12)NCc1cccs1. The van der Waals surface area contributed by atoms with Crippen molar-refractivity contribution in [3.63, 3.8) is 0 Å². The molecule has 2 aliphatic rings. The quantitative estimate of drug-likeness (QED) is 0.538. The molecule has 8 nitrogen and oxygen atoms in total. The number of amides is 2. The Balaban J connectivity index is 1.32. The summed E-state index contributed by atoms with van der Waals surface area (Å²) in [5, 5.41) is 9.53. The lowest BCUT2D eigenvalue weighted by Gasteiger charge is -2.37. The summed E-state index contributed by atoms with van der Waals surface area (Å²) in [6.07, 6.45) is 1.40. The first kappa shape index (κ1) is 21.4. The molecule has 162 valence electrons. The minimum absolute atomic E-state index is 0.0106. The first-order valence-electron chi connectivity index (χ1n) is 9.81. The Labute approximate surface area is 183 Å². The molecule has 4 heterocycles. The molecule has 11 heteroatoms.